The molecular formula is C67H119N27O23S. The quantitative estimate of drug-likeness (QED) is 0.0116. The van der Waals surface area contributed by atoms with Crippen molar-refractivity contribution >= 4 is 137 Å². The molecular weight excluding hydrogens is 1580 g/mol. The van der Waals surface area contributed by atoms with E-state index >= 15 is 0 Å². The van der Waals surface area contributed by atoms with Crippen molar-refractivity contribution in [2.45, 2.75) is 241 Å². The van der Waals surface area contributed by atoms with Crippen LogP contribution in [0.25, 0.3) is 0 Å². The Morgan fingerprint density at radius 2 is 0.686 bits per heavy atom. The van der Waals surface area contributed by atoms with Crippen LogP contribution in [-0.4, -0.2) is 308 Å². The van der Waals surface area contributed by atoms with Crippen LogP contribution in [0.15, 0.2) is 20.0 Å². The second-order valence-corrected chi connectivity index (χ2v) is 28.3. The number of rotatable bonds is 55. The van der Waals surface area contributed by atoms with Gasteiger partial charge in [0.2, 0.25) is 82.7 Å². The van der Waals surface area contributed by atoms with Gasteiger partial charge in [0.25, 0.3) is 0 Å². The third kappa shape index (κ3) is 39.3. The van der Waals surface area contributed by atoms with Crippen LogP contribution >= 0.6 is 12.6 Å². The smallest absolute Gasteiger partial charge is 0.327 e. The monoisotopic (exact) mass is 1700 g/mol. The molecule has 1 heterocycles. The van der Waals surface area contributed by atoms with E-state index in [0.717, 1.165) is 27.7 Å². The first kappa shape index (κ1) is 104. The molecule has 0 spiro atoms. The Morgan fingerprint density at radius 3 is 1.03 bits per heavy atom. The average molecular weight is 1700 g/mol. The van der Waals surface area contributed by atoms with Crippen molar-refractivity contribution in [3.63, 3.8) is 0 Å². The number of aliphatic hydroxyl groups excluding tert-OH is 3. The number of carboxylic acids is 3. The number of aliphatic hydroxyl groups is 3. The molecule has 1 rings (SSSR count). The summed E-state index contributed by atoms with van der Waals surface area (Å²) in [4.78, 5) is 247. The Balaban J connectivity index is 3.59. The van der Waals surface area contributed by atoms with Crippen LogP contribution in [0.1, 0.15) is 138 Å². The number of hydrogen-bond acceptors (Lipinski definition) is 26. The molecule has 666 valence electrons. The molecule has 0 saturated carbocycles. The number of aliphatic carboxylic acids is 3. The number of amides is 14. The summed E-state index contributed by atoms with van der Waals surface area (Å²) in [6.07, 6.45) is -6.89. The zero-order valence-corrected chi connectivity index (χ0v) is 67.6. The van der Waals surface area contributed by atoms with Crippen molar-refractivity contribution in [3.05, 3.63) is 0 Å². The van der Waals surface area contributed by atoms with Crippen molar-refractivity contribution in [2.75, 3.05) is 45.1 Å². The SMILES string of the molecule is CC(C)[C@H](NC(=O)[C@H](CCCN=C(N)N)NC(=O)[C@H](CCC(=O)O)NC(=O)[C@H](CCCN=C(N)N)NC(=O)[C@H](C)NC(=O)[C@@H](NC(=O)[C@H](C)NC(=O)[C@H](CCC(=O)O)NC(=O)[C@H](CCCN=C(N)N)NC(=O)[C@@H]1CCCN1C(=O)[C@H](CCCN=C(N)N)NC(=O)[C@@H](N)CO)[C@@H](C)O)C(=O)N[C@H](C(=O)N[C@@H](C)C(=O)N[C@@H](CS)C(=O)O)[C@@H](C)O. The van der Waals surface area contributed by atoms with Crippen LogP contribution < -0.4 is 121 Å². The van der Waals surface area contributed by atoms with Crippen LogP contribution in [-0.2, 0) is 81.5 Å². The van der Waals surface area contributed by atoms with Gasteiger partial charge in [0, 0.05) is 51.3 Å². The number of likely N-dealkylation sites (tertiary alicyclic amines) is 1. The molecule has 0 radical (unpaired) electrons. The van der Waals surface area contributed by atoms with Gasteiger partial charge in [0.1, 0.15) is 90.6 Å². The lowest BCUT2D eigenvalue weighted by molar-refractivity contribution is -0.142. The predicted octanol–water partition coefficient (Wildman–Crippen LogP) is -13.0. The van der Waals surface area contributed by atoms with E-state index in [1.165, 1.54) is 25.7 Å². The highest BCUT2D eigenvalue weighted by Crippen LogP contribution is 2.21. The summed E-state index contributed by atoms with van der Waals surface area (Å²) >= 11 is 3.88. The van der Waals surface area contributed by atoms with Crippen molar-refractivity contribution in [3.8, 4) is 0 Å². The molecule has 1 aliphatic rings. The van der Waals surface area contributed by atoms with Crippen molar-refractivity contribution in [2.24, 2.45) is 77.5 Å². The van der Waals surface area contributed by atoms with E-state index in [2.05, 4.69) is 102 Å². The Hall–Kier alpha value is -11.7. The van der Waals surface area contributed by atoms with Gasteiger partial charge in [-0.3, -0.25) is 96.7 Å². The number of nitrogens with one attached hydrogen (secondary N) is 13. The number of carbonyl (C=O) groups excluding carboxylic acids is 14. The van der Waals surface area contributed by atoms with E-state index in [1.807, 2.05) is 0 Å². The molecule has 0 bridgehead atoms. The van der Waals surface area contributed by atoms with Crippen molar-refractivity contribution < 1.29 is 112 Å². The summed E-state index contributed by atoms with van der Waals surface area (Å²) in [5.74, 6) is -21.7. The maximum atomic E-state index is 14.4. The highest BCUT2D eigenvalue weighted by molar-refractivity contribution is 7.80. The molecule has 50 nitrogen and oxygen atoms in total. The number of aliphatic imine (C=N–C) groups is 4. The van der Waals surface area contributed by atoms with Gasteiger partial charge in [0.05, 0.1) is 18.8 Å². The molecule has 1 saturated heterocycles. The molecule has 1 aliphatic heterocycles. The van der Waals surface area contributed by atoms with E-state index in [4.69, 9.17) is 51.6 Å². The summed E-state index contributed by atoms with van der Waals surface area (Å²) in [5.41, 5.74) is 49.5. The maximum absolute atomic E-state index is 14.4. The van der Waals surface area contributed by atoms with E-state index < -0.39 is 242 Å². The molecule has 0 aromatic rings. The van der Waals surface area contributed by atoms with Gasteiger partial charge in [-0.15, -0.1) is 0 Å². The summed E-state index contributed by atoms with van der Waals surface area (Å²) < 4.78 is 0. The van der Waals surface area contributed by atoms with Crippen LogP contribution in [0.4, 0.5) is 0 Å². The Bertz CT molecular complexity index is 3580. The minimum Gasteiger partial charge on any atom is -0.481 e. The second-order valence-electron chi connectivity index (χ2n) is 28.0. The van der Waals surface area contributed by atoms with Gasteiger partial charge in [-0.1, -0.05) is 13.8 Å². The number of hydrogen-bond donors (Lipinski definition) is 29. The molecule has 51 heteroatoms. The van der Waals surface area contributed by atoms with Crippen LogP contribution in [0, 0.1) is 5.92 Å². The Morgan fingerprint density at radius 1 is 0.390 bits per heavy atom. The first-order valence-corrected chi connectivity index (χ1v) is 38.3. The fourth-order valence-corrected chi connectivity index (χ4v) is 11.4. The number of carbonyl (C=O) groups is 17. The highest BCUT2D eigenvalue weighted by atomic mass is 32.1. The molecule has 1 fully saturated rings. The van der Waals surface area contributed by atoms with Crippen molar-refractivity contribution in [1.82, 2.24) is 74.0 Å². The zero-order valence-electron chi connectivity index (χ0n) is 66.7. The van der Waals surface area contributed by atoms with Crippen molar-refractivity contribution in [1.29, 1.82) is 0 Å². The number of carboxylic acid groups (broad SMARTS) is 3. The third-order valence-corrected chi connectivity index (χ3v) is 18.0. The average Bonchev–Trinajstić information content (AvgIpc) is 1.67. The lowest BCUT2D eigenvalue weighted by atomic mass is 10.0. The molecule has 0 aromatic carbocycles. The minimum atomic E-state index is -1.94. The van der Waals surface area contributed by atoms with Gasteiger partial charge in [0.15, 0.2) is 23.8 Å². The number of nitrogens with zero attached hydrogens (tertiary/aromatic N) is 5. The maximum Gasteiger partial charge on any atom is 0.327 e. The van der Waals surface area contributed by atoms with Gasteiger partial charge in [-0.2, -0.15) is 12.6 Å². The van der Waals surface area contributed by atoms with E-state index in [0.29, 0.717) is 0 Å². The second kappa shape index (κ2) is 53.5. The van der Waals surface area contributed by atoms with Crippen LogP contribution in [0.2, 0.25) is 0 Å². The molecule has 0 aliphatic carbocycles. The van der Waals surface area contributed by atoms with Crippen LogP contribution in [0.3, 0.4) is 0 Å². The molecule has 118 heavy (non-hydrogen) atoms. The molecule has 0 aromatic heterocycles. The number of thiol groups is 1. The first-order valence-electron chi connectivity index (χ1n) is 37.6. The topological polar surface area (TPSA) is 855 Å². The molecule has 0 unspecified atom stereocenters. The zero-order chi connectivity index (χ0) is 90.0. The lowest BCUT2D eigenvalue weighted by Gasteiger charge is -2.30. The summed E-state index contributed by atoms with van der Waals surface area (Å²) in [7, 11) is 0. The molecule has 37 N–H and O–H groups in total. The van der Waals surface area contributed by atoms with Gasteiger partial charge < -0.3 is 156 Å². The van der Waals surface area contributed by atoms with Crippen LogP contribution in [0.5, 0.6) is 0 Å². The summed E-state index contributed by atoms with van der Waals surface area (Å²) in [6, 6.07) is -24.0. The normalized spacial score (nSPS) is 16.3. The summed E-state index contributed by atoms with van der Waals surface area (Å²) in [6.45, 7) is 7.39. The molecule has 17 atom stereocenters. The fraction of sp³-hybridized carbons (Fsp3) is 0.687. The van der Waals surface area contributed by atoms with Gasteiger partial charge in [-0.25, -0.2) is 4.79 Å². The Labute approximate surface area is 684 Å². The standard InChI is InChI=1S/C67H119N27O23S/c1-29(2)46(59(112)93-48(34(7)97)61(114)83-31(4)50(103)90-42(28-118)63(116)117)91-57(110)38(15-10-24-79-66(73)74)85-56(109)40(19-21-45(100)101)87-54(107)36(13-8-22-77-64(69)70)84-49(102)30(3)82-60(113)47(33(6)96)92-51(104)32(5)81-53(106)39(18-20-44(98)99)86-55(108)37(14-9-23-78-65(71)72)88-58(111)43-17-12-26-94(43)62(115)41(16-11-25-80-67(75)76)89-52(105)35(68)27-95/h29-43,46-48,95-97,118H,8-28,68H2,1-7H3,(H,81,106)(H,82,113)(H,83,114)(H,84,102)(H,85,109)(H,86,108)(H,87,107)(H,88,111)(H,89,105)(H,90,103)(H,91,110)(H,92,104)(H,93,112)(H,98,99)(H,100,101)(H,116,117)(H4,69,70,77)(H4,71,72,78)(H4,73,74,79)(H4,75,76,80)/t30-,31-,32-,33+,34+,35-,36-,37-,38-,39-,40-,41-,42-,43-,46-,47-,48-/m0/s1. The van der Waals surface area contributed by atoms with Gasteiger partial charge >= 0.3 is 17.9 Å². The number of guanidine groups is 4. The largest absolute Gasteiger partial charge is 0.481 e. The molecule has 14 amide bonds. The minimum absolute atomic E-state index is 0.00342. The third-order valence-electron chi connectivity index (χ3n) is 17.7. The highest BCUT2D eigenvalue weighted by Gasteiger charge is 2.42. The predicted molar refractivity (Wildman–Crippen MR) is 425 cm³/mol. The van der Waals surface area contributed by atoms with E-state index in [1.54, 1.807) is 0 Å². The Kier molecular flexibility index (Phi) is 47.3. The lowest BCUT2D eigenvalue weighted by Crippen LogP contribution is -2.62. The first-order chi connectivity index (χ1) is 55.2. The van der Waals surface area contributed by atoms with E-state index in [-0.39, 0.29) is 127 Å². The number of nitrogens with two attached hydrogens (primary N) is 9. The summed E-state index contributed by atoms with van der Waals surface area (Å²) in [5, 5.41) is 90.4. The van der Waals surface area contributed by atoms with E-state index in [9.17, 15) is 112 Å². The van der Waals surface area contributed by atoms with Gasteiger partial charge in [-0.05, 0) is 118 Å². The fourth-order valence-electron chi connectivity index (χ4n) is 11.1.